The van der Waals surface area contributed by atoms with Crippen LogP contribution in [0.1, 0.15) is 26.0 Å². The maximum absolute atomic E-state index is 12.4. The quantitative estimate of drug-likeness (QED) is 0.709. The molecule has 0 N–H and O–H groups in total. The van der Waals surface area contributed by atoms with Crippen molar-refractivity contribution < 1.29 is 9.53 Å². The smallest absolute Gasteiger partial charge is 0.249 e. The van der Waals surface area contributed by atoms with Crippen LogP contribution in [0, 0.1) is 0 Å². The molecule has 0 bridgehead atoms. The Bertz CT molecular complexity index is 790. The molecule has 1 aromatic carbocycles. The maximum atomic E-state index is 12.4. The van der Waals surface area contributed by atoms with Crippen molar-refractivity contribution in [2.75, 3.05) is 33.3 Å². The SMILES string of the molecule is CC/C=C(/C)C(=O)N1CCN(Cc2csc(-c3ccc(OC)cc3)n2)CC1. The molecule has 5 nitrogen and oxygen atoms in total. The van der Waals surface area contributed by atoms with Crippen LogP contribution in [0.4, 0.5) is 0 Å². The molecule has 1 amide bonds. The highest BCUT2D eigenvalue weighted by atomic mass is 32.1. The number of amides is 1. The van der Waals surface area contributed by atoms with Crippen LogP contribution in [0.2, 0.25) is 0 Å². The topological polar surface area (TPSA) is 45.7 Å². The minimum Gasteiger partial charge on any atom is -0.497 e. The molecule has 0 saturated carbocycles. The first-order chi connectivity index (χ1) is 13.1. The molecule has 2 heterocycles. The van der Waals surface area contributed by atoms with E-state index >= 15 is 0 Å². The minimum atomic E-state index is 0.173. The first-order valence-corrected chi connectivity index (χ1v) is 10.3. The van der Waals surface area contributed by atoms with Crippen molar-refractivity contribution in [3.8, 4) is 16.3 Å². The van der Waals surface area contributed by atoms with Crippen molar-refractivity contribution in [3.05, 3.63) is 47.0 Å². The van der Waals surface area contributed by atoms with E-state index in [1.807, 2.05) is 42.2 Å². The first kappa shape index (κ1) is 19.6. The summed E-state index contributed by atoms with van der Waals surface area (Å²) >= 11 is 1.67. The van der Waals surface area contributed by atoms with Gasteiger partial charge in [-0.2, -0.15) is 0 Å². The number of hydrogen-bond donors (Lipinski definition) is 0. The number of hydrogen-bond acceptors (Lipinski definition) is 5. The van der Waals surface area contributed by atoms with Crippen LogP contribution in [-0.2, 0) is 11.3 Å². The van der Waals surface area contributed by atoms with E-state index in [-0.39, 0.29) is 5.91 Å². The van der Waals surface area contributed by atoms with Crippen LogP contribution in [-0.4, -0.2) is 54.0 Å². The molecule has 1 aromatic heterocycles. The average Bonchev–Trinajstić information content (AvgIpc) is 3.17. The Morgan fingerprint density at radius 1 is 1.22 bits per heavy atom. The highest BCUT2D eigenvalue weighted by Gasteiger charge is 2.22. The van der Waals surface area contributed by atoms with Gasteiger partial charge in [0, 0.05) is 49.2 Å². The minimum absolute atomic E-state index is 0.173. The molecule has 0 spiro atoms. The third-order valence-electron chi connectivity index (χ3n) is 4.78. The van der Waals surface area contributed by atoms with Crippen LogP contribution >= 0.6 is 11.3 Å². The molecule has 0 radical (unpaired) electrons. The van der Waals surface area contributed by atoms with Crippen molar-refractivity contribution in [2.45, 2.75) is 26.8 Å². The summed E-state index contributed by atoms with van der Waals surface area (Å²) in [5.74, 6) is 1.03. The predicted molar refractivity (Wildman–Crippen MR) is 110 cm³/mol. The van der Waals surface area contributed by atoms with Gasteiger partial charge in [-0.05, 0) is 37.6 Å². The fourth-order valence-electron chi connectivity index (χ4n) is 3.23. The van der Waals surface area contributed by atoms with Crippen LogP contribution in [0.5, 0.6) is 5.75 Å². The van der Waals surface area contributed by atoms with E-state index in [1.54, 1.807) is 18.4 Å². The fourth-order valence-corrected chi connectivity index (χ4v) is 4.04. The second-order valence-electron chi connectivity index (χ2n) is 6.74. The Kier molecular flexibility index (Phi) is 6.63. The lowest BCUT2D eigenvalue weighted by Gasteiger charge is -2.34. The van der Waals surface area contributed by atoms with Gasteiger partial charge in [0.05, 0.1) is 12.8 Å². The van der Waals surface area contributed by atoms with E-state index in [0.29, 0.717) is 0 Å². The van der Waals surface area contributed by atoms with E-state index in [4.69, 9.17) is 9.72 Å². The number of ether oxygens (including phenoxy) is 1. The number of allylic oxidation sites excluding steroid dienone is 1. The summed E-state index contributed by atoms with van der Waals surface area (Å²) in [5, 5.41) is 3.16. The number of rotatable bonds is 6. The van der Waals surface area contributed by atoms with Crippen LogP contribution in [0.15, 0.2) is 41.3 Å². The van der Waals surface area contributed by atoms with Crippen molar-refractivity contribution in [3.63, 3.8) is 0 Å². The molecule has 1 saturated heterocycles. The molecule has 3 rings (SSSR count). The number of thiazole rings is 1. The van der Waals surface area contributed by atoms with Gasteiger partial charge in [0.15, 0.2) is 0 Å². The van der Waals surface area contributed by atoms with Gasteiger partial charge in [-0.3, -0.25) is 9.69 Å². The van der Waals surface area contributed by atoms with E-state index in [2.05, 4.69) is 17.2 Å². The van der Waals surface area contributed by atoms with Gasteiger partial charge in [-0.25, -0.2) is 4.98 Å². The Balaban J connectivity index is 1.54. The third-order valence-corrected chi connectivity index (χ3v) is 5.72. The standard InChI is InChI=1S/C21H27N3O2S/c1-4-5-16(2)21(25)24-12-10-23(11-13-24)14-18-15-27-20(22-18)17-6-8-19(26-3)9-7-17/h5-9,15H,4,10-14H2,1-3H3/b16-5-. The van der Waals surface area contributed by atoms with Crippen LogP contribution in [0.3, 0.4) is 0 Å². The zero-order valence-corrected chi connectivity index (χ0v) is 17.1. The fraction of sp³-hybridized carbons (Fsp3) is 0.429. The highest BCUT2D eigenvalue weighted by molar-refractivity contribution is 7.13. The Morgan fingerprint density at radius 3 is 2.56 bits per heavy atom. The van der Waals surface area contributed by atoms with Crippen LogP contribution in [0.25, 0.3) is 10.6 Å². The number of aromatic nitrogens is 1. The summed E-state index contributed by atoms with van der Waals surface area (Å²) in [7, 11) is 1.67. The molecule has 2 aromatic rings. The van der Waals surface area contributed by atoms with E-state index in [0.717, 1.165) is 66.7 Å². The number of methoxy groups -OCH3 is 1. The molecule has 1 aliphatic rings. The van der Waals surface area contributed by atoms with Crippen molar-refractivity contribution in [1.29, 1.82) is 0 Å². The Morgan fingerprint density at radius 2 is 1.93 bits per heavy atom. The van der Waals surface area contributed by atoms with E-state index in [9.17, 15) is 4.79 Å². The summed E-state index contributed by atoms with van der Waals surface area (Å²) in [4.78, 5) is 21.5. The molecule has 0 atom stereocenters. The summed E-state index contributed by atoms with van der Waals surface area (Å²) < 4.78 is 5.21. The van der Waals surface area contributed by atoms with Crippen molar-refractivity contribution in [1.82, 2.24) is 14.8 Å². The average molecular weight is 386 g/mol. The lowest BCUT2D eigenvalue weighted by Crippen LogP contribution is -2.48. The Hall–Kier alpha value is -2.18. The zero-order valence-electron chi connectivity index (χ0n) is 16.3. The number of carbonyl (C=O) groups is 1. The zero-order chi connectivity index (χ0) is 19.2. The second kappa shape index (κ2) is 9.15. The molecule has 1 fully saturated rings. The number of benzene rings is 1. The van der Waals surface area contributed by atoms with E-state index in [1.165, 1.54) is 0 Å². The molecule has 0 aliphatic carbocycles. The summed E-state index contributed by atoms with van der Waals surface area (Å²) in [5.41, 5.74) is 3.06. The first-order valence-electron chi connectivity index (χ1n) is 9.38. The molecular weight excluding hydrogens is 358 g/mol. The van der Waals surface area contributed by atoms with Gasteiger partial charge in [0.2, 0.25) is 5.91 Å². The molecule has 144 valence electrons. The van der Waals surface area contributed by atoms with Gasteiger partial charge in [-0.1, -0.05) is 13.0 Å². The number of piperazine rings is 1. The summed E-state index contributed by atoms with van der Waals surface area (Å²) in [6.45, 7) is 8.14. The van der Waals surface area contributed by atoms with Crippen LogP contribution < -0.4 is 4.74 Å². The highest BCUT2D eigenvalue weighted by Crippen LogP contribution is 2.26. The van der Waals surface area contributed by atoms with Gasteiger partial charge < -0.3 is 9.64 Å². The second-order valence-corrected chi connectivity index (χ2v) is 7.59. The monoisotopic (exact) mass is 385 g/mol. The molecule has 27 heavy (non-hydrogen) atoms. The van der Waals surface area contributed by atoms with Crippen molar-refractivity contribution in [2.24, 2.45) is 0 Å². The molecule has 6 heteroatoms. The van der Waals surface area contributed by atoms with Gasteiger partial charge in [-0.15, -0.1) is 11.3 Å². The Labute approximate surface area is 165 Å². The number of carbonyl (C=O) groups excluding carboxylic acids is 1. The molecular formula is C21H27N3O2S. The maximum Gasteiger partial charge on any atom is 0.249 e. The summed E-state index contributed by atoms with van der Waals surface area (Å²) in [6, 6.07) is 8.00. The van der Waals surface area contributed by atoms with Gasteiger partial charge in [0.25, 0.3) is 0 Å². The third kappa shape index (κ3) is 4.96. The summed E-state index contributed by atoms with van der Waals surface area (Å²) in [6.07, 6.45) is 2.91. The molecule has 0 unspecified atom stereocenters. The lowest BCUT2D eigenvalue weighted by molar-refractivity contribution is -0.128. The number of nitrogens with zero attached hydrogens (tertiary/aromatic N) is 3. The lowest BCUT2D eigenvalue weighted by atomic mass is 10.2. The normalized spacial score (nSPS) is 15.8. The molecule has 1 aliphatic heterocycles. The van der Waals surface area contributed by atoms with Gasteiger partial charge in [0.1, 0.15) is 10.8 Å². The predicted octanol–water partition coefficient (Wildman–Crippen LogP) is 3.82. The largest absolute Gasteiger partial charge is 0.497 e. The van der Waals surface area contributed by atoms with E-state index < -0.39 is 0 Å². The van der Waals surface area contributed by atoms with Gasteiger partial charge >= 0.3 is 0 Å². The van der Waals surface area contributed by atoms with Crippen molar-refractivity contribution >= 4 is 17.2 Å².